The lowest BCUT2D eigenvalue weighted by Gasteiger charge is -2.22. The first-order valence-electron chi connectivity index (χ1n) is 7.17. The normalized spacial score (nSPS) is 16.8. The molecule has 1 aromatic carbocycles. The molecule has 21 heavy (non-hydrogen) atoms. The Morgan fingerprint density at radius 1 is 1.33 bits per heavy atom. The molecule has 0 aliphatic carbocycles. The van der Waals surface area contributed by atoms with Crippen LogP contribution in [0.5, 0.6) is 0 Å². The maximum atomic E-state index is 12.6. The average molecular weight is 356 g/mol. The molecule has 0 saturated carbocycles. The largest absolute Gasteiger partial charge is 0.398 e. The first-order valence-corrected chi connectivity index (χ1v) is 7.96. The molecule has 6 heteroatoms. The number of carbonyl (C=O) groups is 1. The lowest BCUT2D eigenvalue weighted by molar-refractivity contribution is 0.0760. The van der Waals surface area contributed by atoms with Crippen LogP contribution in [0.1, 0.15) is 16.8 Å². The minimum atomic E-state index is 0.0161. The topological polar surface area (TPSA) is 58.8 Å². The lowest BCUT2D eigenvalue weighted by atomic mass is 10.1. The fourth-order valence-electron chi connectivity index (χ4n) is 2.50. The van der Waals surface area contributed by atoms with E-state index in [4.69, 9.17) is 10.5 Å². The molecule has 5 nitrogen and oxygen atoms in total. The van der Waals surface area contributed by atoms with Gasteiger partial charge in [0.2, 0.25) is 0 Å². The van der Waals surface area contributed by atoms with Gasteiger partial charge >= 0.3 is 0 Å². The number of ether oxygens (including phenoxy) is 1. The minimum absolute atomic E-state index is 0.0161. The third-order valence-electron chi connectivity index (χ3n) is 3.73. The highest BCUT2D eigenvalue weighted by Crippen LogP contribution is 2.20. The molecule has 0 spiro atoms. The van der Waals surface area contributed by atoms with Crippen LogP contribution in [0.3, 0.4) is 0 Å². The number of anilines is 1. The molecule has 1 aliphatic rings. The molecule has 0 unspecified atom stereocenters. The van der Waals surface area contributed by atoms with Crippen molar-refractivity contribution in [2.24, 2.45) is 0 Å². The fraction of sp³-hybridized carbons (Fsp3) is 0.533. The van der Waals surface area contributed by atoms with Gasteiger partial charge in [-0.3, -0.25) is 9.69 Å². The van der Waals surface area contributed by atoms with E-state index in [0.717, 1.165) is 50.2 Å². The second kappa shape index (κ2) is 7.77. The second-order valence-corrected chi connectivity index (χ2v) is 6.13. The Bertz CT molecular complexity index is 496. The van der Waals surface area contributed by atoms with E-state index >= 15 is 0 Å². The van der Waals surface area contributed by atoms with Crippen LogP contribution >= 0.6 is 15.9 Å². The molecule has 1 aromatic rings. The standard InChI is InChI=1S/C15H22BrN3O2/c1-21-10-9-18-5-2-6-19(8-7-18)15(20)13-11-12(16)3-4-14(13)17/h3-4,11H,2,5-10,17H2,1H3. The Balaban J connectivity index is 2.01. The summed E-state index contributed by atoms with van der Waals surface area (Å²) in [6.07, 6.45) is 0.976. The van der Waals surface area contributed by atoms with Crippen molar-refractivity contribution in [1.82, 2.24) is 9.80 Å². The Morgan fingerprint density at radius 2 is 2.14 bits per heavy atom. The summed E-state index contributed by atoms with van der Waals surface area (Å²) in [6, 6.07) is 5.41. The number of rotatable bonds is 4. The molecule has 1 fully saturated rings. The lowest BCUT2D eigenvalue weighted by Crippen LogP contribution is -2.36. The number of benzene rings is 1. The van der Waals surface area contributed by atoms with Gasteiger partial charge in [-0.25, -0.2) is 0 Å². The van der Waals surface area contributed by atoms with Crippen LogP contribution in [0.15, 0.2) is 22.7 Å². The smallest absolute Gasteiger partial charge is 0.256 e. The third-order valence-corrected chi connectivity index (χ3v) is 4.23. The van der Waals surface area contributed by atoms with E-state index in [1.165, 1.54) is 0 Å². The summed E-state index contributed by atoms with van der Waals surface area (Å²) >= 11 is 3.39. The van der Waals surface area contributed by atoms with Crippen molar-refractivity contribution >= 4 is 27.5 Å². The summed E-state index contributed by atoms with van der Waals surface area (Å²) in [6.45, 7) is 5.02. The van der Waals surface area contributed by atoms with Crippen molar-refractivity contribution < 1.29 is 9.53 Å². The van der Waals surface area contributed by atoms with Crippen molar-refractivity contribution in [3.8, 4) is 0 Å². The third kappa shape index (κ3) is 4.43. The zero-order valence-electron chi connectivity index (χ0n) is 12.3. The molecule has 1 saturated heterocycles. The summed E-state index contributed by atoms with van der Waals surface area (Å²) in [5.74, 6) is 0.0161. The van der Waals surface area contributed by atoms with E-state index in [-0.39, 0.29) is 5.91 Å². The molecular weight excluding hydrogens is 334 g/mol. The van der Waals surface area contributed by atoms with Crippen LogP contribution in [0.4, 0.5) is 5.69 Å². The number of nitrogens with two attached hydrogens (primary N) is 1. The van der Waals surface area contributed by atoms with Crippen LogP contribution in [0, 0.1) is 0 Å². The highest BCUT2D eigenvalue weighted by molar-refractivity contribution is 9.10. The number of hydrogen-bond acceptors (Lipinski definition) is 4. The van der Waals surface area contributed by atoms with Gasteiger partial charge in [0.15, 0.2) is 0 Å². The predicted molar refractivity (Wildman–Crippen MR) is 87.4 cm³/mol. The number of nitrogen functional groups attached to an aromatic ring is 1. The van der Waals surface area contributed by atoms with Gasteiger partial charge in [-0.15, -0.1) is 0 Å². The van der Waals surface area contributed by atoms with Crippen molar-refractivity contribution in [2.45, 2.75) is 6.42 Å². The molecule has 1 aliphatic heterocycles. The highest BCUT2D eigenvalue weighted by atomic mass is 79.9. The SMILES string of the molecule is COCCN1CCCN(C(=O)c2cc(Br)ccc2N)CC1. The second-order valence-electron chi connectivity index (χ2n) is 5.21. The van der Waals surface area contributed by atoms with Crippen LogP contribution in [-0.2, 0) is 4.74 Å². The molecule has 0 bridgehead atoms. The van der Waals surface area contributed by atoms with E-state index < -0.39 is 0 Å². The molecule has 2 rings (SSSR count). The zero-order valence-corrected chi connectivity index (χ0v) is 13.9. The summed E-state index contributed by atoms with van der Waals surface area (Å²) in [5, 5.41) is 0. The minimum Gasteiger partial charge on any atom is -0.398 e. The number of amides is 1. The molecule has 1 heterocycles. The van der Waals surface area contributed by atoms with Crippen LogP contribution < -0.4 is 5.73 Å². The molecule has 116 valence electrons. The molecular formula is C15H22BrN3O2. The average Bonchev–Trinajstić information content (AvgIpc) is 2.72. The Labute approximate surface area is 134 Å². The van der Waals surface area contributed by atoms with Crippen LogP contribution in [0.25, 0.3) is 0 Å². The monoisotopic (exact) mass is 355 g/mol. The van der Waals surface area contributed by atoms with Crippen LogP contribution in [-0.4, -0.2) is 62.1 Å². The molecule has 0 aromatic heterocycles. The van der Waals surface area contributed by atoms with E-state index in [1.54, 1.807) is 19.2 Å². The molecule has 2 N–H and O–H groups in total. The van der Waals surface area contributed by atoms with E-state index in [9.17, 15) is 4.79 Å². The molecule has 0 atom stereocenters. The van der Waals surface area contributed by atoms with Gasteiger partial charge in [-0.05, 0) is 31.2 Å². The highest BCUT2D eigenvalue weighted by Gasteiger charge is 2.21. The van der Waals surface area contributed by atoms with Gasteiger partial charge in [0, 0.05) is 43.4 Å². The maximum absolute atomic E-state index is 12.6. The summed E-state index contributed by atoms with van der Waals surface area (Å²) < 4.78 is 5.99. The van der Waals surface area contributed by atoms with Crippen molar-refractivity contribution in [2.75, 3.05) is 52.2 Å². The quantitative estimate of drug-likeness (QED) is 0.837. The van der Waals surface area contributed by atoms with Crippen molar-refractivity contribution in [3.05, 3.63) is 28.2 Å². The number of methoxy groups -OCH3 is 1. The Morgan fingerprint density at radius 3 is 2.90 bits per heavy atom. The first-order chi connectivity index (χ1) is 10.1. The summed E-state index contributed by atoms with van der Waals surface area (Å²) in [7, 11) is 1.71. The number of hydrogen-bond donors (Lipinski definition) is 1. The van der Waals surface area contributed by atoms with Gasteiger partial charge in [-0.2, -0.15) is 0 Å². The molecule has 1 amide bonds. The van der Waals surface area contributed by atoms with Crippen molar-refractivity contribution in [3.63, 3.8) is 0 Å². The molecule has 0 radical (unpaired) electrons. The van der Waals surface area contributed by atoms with Crippen molar-refractivity contribution in [1.29, 1.82) is 0 Å². The Kier molecular flexibility index (Phi) is 6.02. The first kappa shape index (κ1) is 16.3. The fourth-order valence-corrected chi connectivity index (χ4v) is 2.86. The number of halogens is 1. The van der Waals surface area contributed by atoms with Gasteiger partial charge in [0.1, 0.15) is 0 Å². The van der Waals surface area contributed by atoms with Gasteiger partial charge in [0.25, 0.3) is 5.91 Å². The van der Waals surface area contributed by atoms with E-state index in [0.29, 0.717) is 11.3 Å². The van der Waals surface area contributed by atoms with E-state index in [2.05, 4.69) is 20.8 Å². The zero-order chi connectivity index (χ0) is 15.2. The predicted octanol–water partition coefficient (Wildman–Crippen LogP) is 1.83. The number of carbonyl (C=O) groups excluding carboxylic acids is 1. The van der Waals surface area contributed by atoms with Gasteiger partial charge < -0.3 is 15.4 Å². The van der Waals surface area contributed by atoms with Gasteiger partial charge in [-0.1, -0.05) is 15.9 Å². The van der Waals surface area contributed by atoms with E-state index in [1.807, 2.05) is 11.0 Å². The summed E-state index contributed by atoms with van der Waals surface area (Å²) in [5.41, 5.74) is 7.04. The summed E-state index contributed by atoms with van der Waals surface area (Å²) in [4.78, 5) is 16.9. The Hall–Kier alpha value is -1.11. The number of nitrogens with zero attached hydrogens (tertiary/aromatic N) is 2. The van der Waals surface area contributed by atoms with Gasteiger partial charge in [0.05, 0.1) is 12.2 Å². The maximum Gasteiger partial charge on any atom is 0.256 e. The van der Waals surface area contributed by atoms with Crippen LogP contribution in [0.2, 0.25) is 0 Å².